The lowest BCUT2D eigenvalue weighted by Crippen LogP contribution is -2.24. The van der Waals surface area contributed by atoms with Gasteiger partial charge in [-0.2, -0.15) is 5.10 Å². The highest BCUT2D eigenvalue weighted by Crippen LogP contribution is 2.16. The largest absolute Gasteiger partial charge is 0.484 e. The number of hydrogen-bond acceptors (Lipinski definition) is 3. The van der Waals surface area contributed by atoms with Crippen molar-refractivity contribution in [3.05, 3.63) is 53.3 Å². The van der Waals surface area contributed by atoms with Crippen molar-refractivity contribution in [2.45, 2.75) is 13.8 Å². The van der Waals surface area contributed by atoms with E-state index in [-0.39, 0.29) is 12.5 Å². The average molecular weight is 285 g/mol. The van der Waals surface area contributed by atoms with Gasteiger partial charge in [-0.1, -0.05) is 6.07 Å². The summed E-state index contributed by atoms with van der Waals surface area (Å²) in [6.45, 7) is 3.98. The van der Waals surface area contributed by atoms with Gasteiger partial charge >= 0.3 is 0 Å². The minimum absolute atomic E-state index is 0.0625. The van der Waals surface area contributed by atoms with Crippen LogP contribution in [0.5, 0.6) is 5.75 Å². The van der Waals surface area contributed by atoms with Gasteiger partial charge in [-0.15, -0.1) is 0 Å². The lowest BCUT2D eigenvalue weighted by atomic mass is 10.1. The fourth-order valence-corrected chi connectivity index (χ4v) is 1.76. The third kappa shape index (κ3) is 4.21. The maximum absolute atomic E-state index is 11.6. The molecule has 2 aromatic rings. The second-order valence-corrected chi connectivity index (χ2v) is 4.87. The van der Waals surface area contributed by atoms with Gasteiger partial charge in [-0.05, 0) is 49.2 Å². The van der Waals surface area contributed by atoms with Gasteiger partial charge in [0.05, 0.1) is 11.9 Å². The molecule has 1 N–H and O–H groups in total. The Labute approximate surface area is 124 Å². The highest BCUT2D eigenvalue weighted by Gasteiger charge is 2.02. The van der Waals surface area contributed by atoms with Crippen LogP contribution in [0.25, 0.3) is 0 Å². The number of aromatic nitrogens is 1. The number of ether oxygens (including phenoxy) is 1. The summed E-state index contributed by atoms with van der Waals surface area (Å²) in [6, 6.07) is 9.54. The Hall–Kier alpha value is -2.56. The molecule has 0 aliphatic carbocycles. The monoisotopic (exact) mass is 285 g/mol. The van der Waals surface area contributed by atoms with Crippen molar-refractivity contribution in [2.75, 3.05) is 6.61 Å². The third-order valence-corrected chi connectivity index (χ3v) is 3.22. The molecule has 5 nitrogen and oxygen atoms in total. The molecule has 0 radical (unpaired) electrons. The standard InChI is InChI=1S/C16H19N3O2/c1-12-6-7-15(9-13(12)2)21-11-16(20)18-17-10-14-5-4-8-19(14)3/h4-10H,11H2,1-3H3,(H,18,20)/b17-10-. The molecule has 110 valence electrons. The van der Waals surface area contributed by atoms with Crippen LogP contribution in [0.15, 0.2) is 41.6 Å². The summed E-state index contributed by atoms with van der Waals surface area (Å²) in [5.74, 6) is 0.387. The molecule has 1 aromatic heterocycles. The zero-order valence-corrected chi connectivity index (χ0v) is 12.5. The van der Waals surface area contributed by atoms with E-state index in [0.29, 0.717) is 5.75 Å². The van der Waals surface area contributed by atoms with E-state index in [9.17, 15) is 4.79 Å². The second-order valence-electron chi connectivity index (χ2n) is 4.87. The Morgan fingerprint density at radius 2 is 2.14 bits per heavy atom. The molecule has 0 aliphatic rings. The Morgan fingerprint density at radius 3 is 2.81 bits per heavy atom. The Bertz CT molecular complexity index is 659. The number of nitrogens with zero attached hydrogens (tertiary/aromatic N) is 2. The number of carbonyl (C=O) groups excluding carboxylic acids is 1. The number of benzene rings is 1. The normalized spacial score (nSPS) is 10.8. The van der Waals surface area contributed by atoms with Crippen molar-refractivity contribution in [1.29, 1.82) is 0 Å². The highest BCUT2D eigenvalue weighted by molar-refractivity contribution is 5.81. The molecule has 1 amide bonds. The lowest BCUT2D eigenvalue weighted by molar-refractivity contribution is -0.123. The SMILES string of the molecule is Cc1ccc(OCC(=O)N/N=C\c2cccn2C)cc1C. The summed E-state index contributed by atoms with van der Waals surface area (Å²) < 4.78 is 7.33. The second kappa shape index (κ2) is 6.74. The number of carbonyl (C=O) groups is 1. The van der Waals surface area contributed by atoms with Gasteiger partial charge in [0.2, 0.25) is 0 Å². The smallest absolute Gasteiger partial charge is 0.277 e. The first kappa shape index (κ1) is 14.8. The lowest BCUT2D eigenvalue weighted by Gasteiger charge is -2.07. The highest BCUT2D eigenvalue weighted by atomic mass is 16.5. The van der Waals surface area contributed by atoms with E-state index < -0.39 is 0 Å². The van der Waals surface area contributed by atoms with Crippen molar-refractivity contribution < 1.29 is 9.53 Å². The van der Waals surface area contributed by atoms with Crippen molar-refractivity contribution in [1.82, 2.24) is 9.99 Å². The number of nitrogens with one attached hydrogen (secondary N) is 1. The molecule has 1 aromatic carbocycles. The minimum Gasteiger partial charge on any atom is -0.484 e. The molecule has 0 saturated heterocycles. The number of aryl methyl sites for hydroxylation is 3. The predicted molar refractivity (Wildman–Crippen MR) is 82.6 cm³/mol. The molecule has 0 unspecified atom stereocenters. The molecule has 0 saturated carbocycles. The molecule has 0 spiro atoms. The van der Waals surface area contributed by atoms with Gasteiger partial charge in [-0.3, -0.25) is 4.79 Å². The summed E-state index contributed by atoms with van der Waals surface area (Å²) >= 11 is 0. The van der Waals surface area contributed by atoms with Crippen LogP contribution in [0.4, 0.5) is 0 Å². The Morgan fingerprint density at radius 1 is 1.33 bits per heavy atom. The molecule has 21 heavy (non-hydrogen) atoms. The topological polar surface area (TPSA) is 55.6 Å². The number of rotatable bonds is 5. The van der Waals surface area contributed by atoms with Crippen LogP contribution < -0.4 is 10.2 Å². The van der Waals surface area contributed by atoms with E-state index in [1.54, 1.807) is 6.21 Å². The van der Waals surface area contributed by atoms with E-state index in [1.807, 2.05) is 62.0 Å². The zero-order chi connectivity index (χ0) is 15.2. The maximum Gasteiger partial charge on any atom is 0.277 e. The van der Waals surface area contributed by atoms with Gasteiger partial charge in [0, 0.05) is 13.2 Å². The number of hydrogen-bond donors (Lipinski definition) is 1. The van der Waals surface area contributed by atoms with Gasteiger partial charge in [0.1, 0.15) is 5.75 Å². The van der Waals surface area contributed by atoms with Crippen LogP contribution in [0, 0.1) is 13.8 Å². The summed E-state index contributed by atoms with van der Waals surface area (Å²) in [5, 5.41) is 3.89. The fourth-order valence-electron chi connectivity index (χ4n) is 1.76. The molecule has 0 fully saturated rings. The van der Waals surface area contributed by atoms with Crippen molar-refractivity contribution in [3.8, 4) is 5.75 Å². The first-order valence-electron chi connectivity index (χ1n) is 6.69. The van der Waals surface area contributed by atoms with Crippen LogP contribution in [0.2, 0.25) is 0 Å². The van der Waals surface area contributed by atoms with Crippen molar-refractivity contribution >= 4 is 12.1 Å². The van der Waals surface area contributed by atoms with Crippen molar-refractivity contribution in [2.24, 2.45) is 12.1 Å². The van der Waals surface area contributed by atoms with Crippen molar-refractivity contribution in [3.63, 3.8) is 0 Å². The molecule has 2 rings (SSSR count). The van der Waals surface area contributed by atoms with Crippen LogP contribution in [0.1, 0.15) is 16.8 Å². The van der Waals surface area contributed by atoms with Gasteiger partial charge < -0.3 is 9.30 Å². The van der Waals surface area contributed by atoms with E-state index in [2.05, 4.69) is 10.5 Å². The van der Waals surface area contributed by atoms with Gasteiger partial charge in [0.25, 0.3) is 5.91 Å². The first-order valence-corrected chi connectivity index (χ1v) is 6.69. The van der Waals surface area contributed by atoms with Crippen LogP contribution in [-0.4, -0.2) is 23.3 Å². The molecular formula is C16H19N3O2. The van der Waals surface area contributed by atoms with E-state index in [1.165, 1.54) is 5.56 Å². The molecule has 0 bridgehead atoms. The van der Waals surface area contributed by atoms with E-state index in [4.69, 9.17) is 4.74 Å². The van der Waals surface area contributed by atoms with Crippen LogP contribution in [-0.2, 0) is 11.8 Å². The van der Waals surface area contributed by atoms with Gasteiger partial charge in [0.15, 0.2) is 6.61 Å². The van der Waals surface area contributed by atoms with Gasteiger partial charge in [-0.25, -0.2) is 5.43 Å². The predicted octanol–water partition coefficient (Wildman–Crippen LogP) is 2.17. The Balaban J connectivity index is 1.81. The molecule has 1 heterocycles. The molecule has 0 atom stereocenters. The van der Waals surface area contributed by atoms with E-state index in [0.717, 1.165) is 11.3 Å². The first-order chi connectivity index (χ1) is 10.1. The summed E-state index contributed by atoms with van der Waals surface area (Å²) in [7, 11) is 1.91. The quantitative estimate of drug-likeness (QED) is 0.676. The number of hydrazone groups is 1. The fraction of sp³-hybridized carbons (Fsp3) is 0.250. The number of amides is 1. The zero-order valence-electron chi connectivity index (χ0n) is 12.5. The minimum atomic E-state index is -0.293. The summed E-state index contributed by atoms with van der Waals surface area (Å²) in [4.78, 5) is 11.6. The Kier molecular flexibility index (Phi) is 4.77. The molecular weight excluding hydrogens is 266 g/mol. The third-order valence-electron chi connectivity index (χ3n) is 3.22. The summed E-state index contributed by atoms with van der Waals surface area (Å²) in [6.07, 6.45) is 3.50. The van der Waals surface area contributed by atoms with Crippen LogP contribution in [0.3, 0.4) is 0 Å². The maximum atomic E-state index is 11.6. The van der Waals surface area contributed by atoms with E-state index >= 15 is 0 Å². The van der Waals surface area contributed by atoms with Crippen LogP contribution >= 0.6 is 0 Å². The molecule has 0 aliphatic heterocycles. The average Bonchev–Trinajstić information content (AvgIpc) is 2.86. The molecule has 5 heteroatoms. The summed E-state index contributed by atoms with van der Waals surface area (Å²) in [5.41, 5.74) is 5.67.